The van der Waals surface area contributed by atoms with Crippen LogP contribution < -0.4 is 21.3 Å². The lowest BCUT2D eigenvalue weighted by atomic mass is 10.0. The van der Waals surface area contributed by atoms with E-state index in [4.69, 9.17) is 22.0 Å². The number of hydrogen-bond acceptors (Lipinski definition) is 10. The largest absolute Gasteiger partial charge is 0.399 e. The summed E-state index contributed by atoms with van der Waals surface area (Å²) in [6.45, 7) is 3.51. The van der Waals surface area contributed by atoms with Crippen LogP contribution >= 0.6 is 0 Å². The van der Waals surface area contributed by atoms with Crippen LogP contribution in [0.5, 0.6) is 0 Å². The third-order valence-electron chi connectivity index (χ3n) is 5.34. The van der Waals surface area contributed by atoms with E-state index >= 15 is 0 Å². The van der Waals surface area contributed by atoms with Crippen molar-refractivity contribution in [3.63, 3.8) is 0 Å². The molecule has 0 bridgehead atoms. The molecule has 0 unspecified atom stereocenters. The molecule has 0 saturated carbocycles. The van der Waals surface area contributed by atoms with Crippen LogP contribution in [0, 0.1) is 28.6 Å². The van der Waals surface area contributed by atoms with E-state index in [1.807, 2.05) is 24.3 Å². The molecule has 3 aromatic rings. The van der Waals surface area contributed by atoms with Gasteiger partial charge in [0.1, 0.15) is 6.07 Å². The smallest absolute Gasteiger partial charge is 0.219 e. The first-order chi connectivity index (χ1) is 15.1. The quantitative estimate of drug-likeness (QED) is 0.591. The summed E-state index contributed by atoms with van der Waals surface area (Å²) in [7, 11) is 0. The average molecular weight is 414 g/mol. The maximum Gasteiger partial charge on any atom is 0.219 e. The predicted octanol–water partition coefficient (Wildman–Crippen LogP) is 1.70. The first-order valence-corrected chi connectivity index (χ1v) is 10.0. The van der Waals surface area contributed by atoms with E-state index in [0.717, 1.165) is 54.3 Å². The summed E-state index contributed by atoms with van der Waals surface area (Å²) in [6, 6.07) is 10.1. The fourth-order valence-electron chi connectivity index (χ4n) is 3.67. The molecule has 0 spiro atoms. The van der Waals surface area contributed by atoms with Crippen molar-refractivity contribution in [2.24, 2.45) is 5.92 Å². The highest BCUT2D eigenvalue weighted by atomic mass is 15.3. The number of anilines is 4. The minimum Gasteiger partial charge on any atom is -0.399 e. The third kappa shape index (κ3) is 4.23. The van der Waals surface area contributed by atoms with Crippen molar-refractivity contribution in [3.8, 4) is 12.1 Å². The zero-order chi connectivity index (χ0) is 21.8. The van der Waals surface area contributed by atoms with Crippen molar-refractivity contribution in [1.29, 1.82) is 10.5 Å². The van der Waals surface area contributed by atoms with Crippen LogP contribution in [-0.2, 0) is 0 Å². The Morgan fingerprint density at radius 3 is 2.16 bits per heavy atom. The van der Waals surface area contributed by atoms with E-state index in [1.54, 1.807) is 0 Å². The molecular formula is C21H22N10. The number of hydrogen-bond donors (Lipinski definition) is 2. The van der Waals surface area contributed by atoms with Gasteiger partial charge in [0, 0.05) is 42.6 Å². The zero-order valence-electron chi connectivity index (χ0n) is 16.9. The Balaban J connectivity index is 0.000000217. The van der Waals surface area contributed by atoms with Gasteiger partial charge >= 0.3 is 0 Å². The number of rotatable bonds is 2. The maximum atomic E-state index is 8.96. The molecule has 0 radical (unpaired) electrons. The summed E-state index contributed by atoms with van der Waals surface area (Å²) < 4.78 is 0. The summed E-state index contributed by atoms with van der Waals surface area (Å²) in [4.78, 5) is 11.6. The molecule has 0 aliphatic carbocycles. The molecular weight excluding hydrogens is 392 g/mol. The molecule has 2 aliphatic heterocycles. The van der Waals surface area contributed by atoms with Crippen molar-refractivity contribution in [2.45, 2.75) is 12.8 Å². The normalized spacial score (nSPS) is 15.5. The SMILES string of the molecule is N#CC1CN(c2nnc(N3CCCC3)c3ccc(N)cc23)C1.N#Cc1cnc(N)nc1. The van der Waals surface area contributed by atoms with Crippen molar-refractivity contribution >= 4 is 34.0 Å². The Morgan fingerprint density at radius 2 is 1.55 bits per heavy atom. The van der Waals surface area contributed by atoms with Crippen LogP contribution in [0.4, 0.5) is 23.3 Å². The molecule has 0 amide bonds. The number of benzene rings is 1. The lowest BCUT2D eigenvalue weighted by Gasteiger charge is -2.36. The van der Waals surface area contributed by atoms with Crippen molar-refractivity contribution < 1.29 is 0 Å². The minimum absolute atomic E-state index is 0.0937. The number of aromatic nitrogens is 4. The topological polar surface area (TPSA) is 158 Å². The molecule has 4 N–H and O–H groups in total. The van der Waals surface area contributed by atoms with Crippen molar-refractivity contribution in [2.75, 3.05) is 47.4 Å². The van der Waals surface area contributed by atoms with Crippen LogP contribution in [0.3, 0.4) is 0 Å². The van der Waals surface area contributed by atoms with Crippen LogP contribution in [0.2, 0.25) is 0 Å². The van der Waals surface area contributed by atoms with Gasteiger partial charge in [-0.05, 0) is 31.0 Å². The van der Waals surface area contributed by atoms with Gasteiger partial charge in [-0.3, -0.25) is 0 Å². The van der Waals surface area contributed by atoms with Gasteiger partial charge in [-0.15, -0.1) is 10.2 Å². The fourth-order valence-corrected chi connectivity index (χ4v) is 3.67. The molecule has 10 nitrogen and oxygen atoms in total. The molecule has 2 fully saturated rings. The molecule has 0 atom stereocenters. The molecule has 2 aliphatic rings. The van der Waals surface area contributed by atoms with Crippen molar-refractivity contribution in [3.05, 3.63) is 36.2 Å². The number of nitriles is 2. The molecule has 2 aromatic heterocycles. The lowest BCUT2D eigenvalue weighted by molar-refractivity contribution is 0.499. The molecule has 156 valence electrons. The monoisotopic (exact) mass is 414 g/mol. The zero-order valence-corrected chi connectivity index (χ0v) is 16.9. The summed E-state index contributed by atoms with van der Waals surface area (Å²) >= 11 is 0. The number of nitrogens with zero attached hydrogens (tertiary/aromatic N) is 8. The van der Waals surface area contributed by atoms with E-state index in [0.29, 0.717) is 5.56 Å². The molecule has 31 heavy (non-hydrogen) atoms. The van der Waals surface area contributed by atoms with Crippen LogP contribution in [0.15, 0.2) is 30.6 Å². The number of nitrogens with two attached hydrogens (primary N) is 2. The third-order valence-corrected chi connectivity index (χ3v) is 5.34. The average Bonchev–Trinajstić information content (AvgIpc) is 3.29. The Bertz CT molecular complexity index is 1150. The summed E-state index contributed by atoms with van der Waals surface area (Å²) in [5.74, 6) is 2.08. The Kier molecular flexibility index (Phi) is 5.63. The summed E-state index contributed by atoms with van der Waals surface area (Å²) in [5.41, 5.74) is 12.3. The van der Waals surface area contributed by atoms with Crippen LogP contribution in [0.25, 0.3) is 10.8 Å². The lowest BCUT2D eigenvalue weighted by Crippen LogP contribution is -2.46. The van der Waals surface area contributed by atoms with E-state index in [1.165, 1.54) is 25.2 Å². The Labute approximate surface area is 179 Å². The maximum absolute atomic E-state index is 8.96. The standard InChI is InChI=1S/C16H18N6.C5H4N4/c17-8-11-9-22(10-11)16-14-7-12(18)3-4-13(14)15(19-20-16)21-5-1-2-6-21;6-1-4-2-8-5(7)9-3-4/h3-4,7,11H,1-2,5-6,9-10,18H2;2-3H,(H2,7,8,9). The number of fused-ring (bicyclic) bond motifs is 1. The Hall–Kier alpha value is -4.18. The summed E-state index contributed by atoms with van der Waals surface area (Å²) in [6.07, 6.45) is 5.16. The highest BCUT2D eigenvalue weighted by Crippen LogP contribution is 2.35. The molecule has 5 rings (SSSR count). The van der Waals surface area contributed by atoms with Gasteiger partial charge in [0.05, 0.1) is 29.9 Å². The highest BCUT2D eigenvalue weighted by molar-refractivity contribution is 6.00. The van der Waals surface area contributed by atoms with Gasteiger partial charge in [0.25, 0.3) is 0 Å². The van der Waals surface area contributed by atoms with Gasteiger partial charge in [-0.2, -0.15) is 10.5 Å². The molecule has 1 aromatic carbocycles. The van der Waals surface area contributed by atoms with Gasteiger partial charge in [-0.25, -0.2) is 9.97 Å². The van der Waals surface area contributed by atoms with Gasteiger partial charge in [0.15, 0.2) is 11.6 Å². The second kappa shape index (κ2) is 8.67. The molecule has 10 heteroatoms. The number of nitrogen functional groups attached to an aromatic ring is 2. The first kappa shape index (κ1) is 20.1. The molecule has 2 saturated heterocycles. The van der Waals surface area contributed by atoms with E-state index in [-0.39, 0.29) is 11.9 Å². The van der Waals surface area contributed by atoms with Crippen LogP contribution in [-0.4, -0.2) is 46.3 Å². The van der Waals surface area contributed by atoms with E-state index in [9.17, 15) is 0 Å². The second-order valence-electron chi connectivity index (χ2n) is 7.52. The van der Waals surface area contributed by atoms with E-state index < -0.39 is 0 Å². The predicted molar refractivity (Wildman–Crippen MR) is 118 cm³/mol. The summed E-state index contributed by atoms with van der Waals surface area (Å²) in [5, 5.41) is 28.3. The first-order valence-electron chi connectivity index (χ1n) is 10.0. The minimum atomic E-state index is 0.0937. The molecule has 4 heterocycles. The van der Waals surface area contributed by atoms with Crippen LogP contribution in [0.1, 0.15) is 18.4 Å². The fraction of sp³-hybridized carbons (Fsp3) is 0.333. The van der Waals surface area contributed by atoms with E-state index in [2.05, 4.69) is 36.0 Å². The van der Waals surface area contributed by atoms with Gasteiger partial charge in [0.2, 0.25) is 5.95 Å². The van der Waals surface area contributed by atoms with Crippen molar-refractivity contribution in [1.82, 2.24) is 20.2 Å². The highest BCUT2D eigenvalue weighted by Gasteiger charge is 2.30. The Morgan fingerprint density at radius 1 is 0.903 bits per heavy atom. The second-order valence-corrected chi connectivity index (χ2v) is 7.52. The van der Waals surface area contributed by atoms with Gasteiger partial charge < -0.3 is 21.3 Å². The van der Waals surface area contributed by atoms with Gasteiger partial charge in [-0.1, -0.05) is 0 Å².